The quantitative estimate of drug-likeness (QED) is 0.673. The zero-order valence-corrected chi connectivity index (χ0v) is 9.23. The molecule has 0 saturated carbocycles. The van der Waals surface area contributed by atoms with E-state index in [1.807, 2.05) is 38.4 Å². The predicted molar refractivity (Wildman–Crippen MR) is 62.7 cm³/mol. The third-order valence-corrected chi connectivity index (χ3v) is 2.78. The maximum Gasteiger partial charge on any atom is 0.101 e. The molecule has 0 aliphatic heterocycles. The molecule has 0 atom stereocenters. The van der Waals surface area contributed by atoms with Crippen LogP contribution in [0.2, 0.25) is 0 Å². The van der Waals surface area contributed by atoms with Crippen LogP contribution in [-0.4, -0.2) is 19.7 Å². The van der Waals surface area contributed by atoms with Crippen LogP contribution in [0.5, 0.6) is 0 Å². The molecule has 0 aliphatic carbocycles. The number of para-hydroxylation sites is 2. The summed E-state index contributed by atoms with van der Waals surface area (Å²) in [4.78, 5) is 4.38. The molecule has 0 amide bonds. The number of nitrogens with zero attached hydrogens (tertiary/aromatic N) is 3. The van der Waals surface area contributed by atoms with Crippen molar-refractivity contribution in [3.8, 4) is 5.69 Å². The molecule has 0 unspecified atom stereocenters. The molecule has 0 radical (unpaired) electrons. The molecule has 4 heteroatoms. The first-order chi connectivity index (χ1) is 7.77. The zero-order chi connectivity index (χ0) is 11.1. The van der Waals surface area contributed by atoms with Crippen LogP contribution in [0.1, 0.15) is 11.4 Å². The molecule has 80 valence electrons. The fourth-order valence-electron chi connectivity index (χ4n) is 2.04. The molecule has 3 aromatic rings. The normalized spacial score (nSPS) is 11.1. The number of aryl methyl sites for hydroxylation is 2. The molecule has 0 bridgehead atoms. The summed E-state index contributed by atoms with van der Waals surface area (Å²) in [6.07, 6.45) is 1.84. The number of nitrogens with one attached hydrogen (secondary N) is 1. The lowest BCUT2D eigenvalue weighted by atomic mass is 10.3. The maximum absolute atomic E-state index is 4.38. The lowest BCUT2D eigenvalue weighted by molar-refractivity contribution is 1.02. The first-order valence-corrected chi connectivity index (χ1v) is 5.21. The van der Waals surface area contributed by atoms with Gasteiger partial charge in [0.1, 0.15) is 6.33 Å². The summed E-state index contributed by atoms with van der Waals surface area (Å²) in [5.41, 5.74) is 5.24. The van der Waals surface area contributed by atoms with Gasteiger partial charge < -0.3 is 0 Å². The van der Waals surface area contributed by atoms with Gasteiger partial charge in [-0.1, -0.05) is 12.1 Å². The van der Waals surface area contributed by atoms with E-state index in [4.69, 9.17) is 0 Å². The Morgan fingerprint density at radius 3 is 2.75 bits per heavy atom. The predicted octanol–water partition coefficient (Wildman–Crippen LogP) is 2.37. The van der Waals surface area contributed by atoms with Crippen molar-refractivity contribution in [2.24, 2.45) is 0 Å². The Morgan fingerprint density at radius 2 is 2.00 bits per heavy atom. The summed E-state index contributed by atoms with van der Waals surface area (Å²) in [7, 11) is 0. The summed E-state index contributed by atoms with van der Waals surface area (Å²) in [6, 6.07) is 8.09. The minimum atomic E-state index is 0.987. The summed E-state index contributed by atoms with van der Waals surface area (Å²) in [5, 5.41) is 7.20. The monoisotopic (exact) mass is 212 g/mol. The minimum absolute atomic E-state index is 0.987. The van der Waals surface area contributed by atoms with Crippen LogP contribution in [0.15, 0.2) is 30.6 Å². The van der Waals surface area contributed by atoms with Gasteiger partial charge in [0.15, 0.2) is 0 Å². The molecule has 1 N–H and O–H groups in total. The second-order valence-corrected chi connectivity index (χ2v) is 3.89. The fraction of sp³-hybridized carbons (Fsp3) is 0.167. The van der Waals surface area contributed by atoms with Crippen molar-refractivity contribution in [3.63, 3.8) is 0 Å². The van der Waals surface area contributed by atoms with Crippen LogP contribution in [0.25, 0.3) is 16.7 Å². The van der Waals surface area contributed by atoms with E-state index in [0.717, 1.165) is 28.1 Å². The van der Waals surface area contributed by atoms with Gasteiger partial charge >= 0.3 is 0 Å². The largest absolute Gasteiger partial charge is 0.295 e. The molecule has 0 spiro atoms. The summed E-state index contributed by atoms with van der Waals surface area (Å²) < 4.78 is 2.07. The fourth-order valence-corrected chi connectivity index (χ4v) is 2.04. The average Bonchev–Trinajstić information content (AvgIpc) is 2.83. The van der Waals surface area contributed by atoms with Gasteiger partial charge in [-0.25, -0.2) is 4.98 Å². The molecular formula is C12H12N4. The highest BCUT2D eigenvalue weighted by Crippen LogP contribution is 2.21. The maximum atomic E-state index is 4.38. The number of rotatable bonds is 1. The van der Waals surface area contributed by atoms with Crippen LogP contribution < -0.4 is 0 Å². The second-order valence-electron chi connectivity index (χ2n) is 3.89. The summed E-state index contributed by atoms with van der Waals surface area (Å²) >= 11 is 0. The zero-order valence-electron chi connectivity index (χ0n) is 9.23. The van der Waals surface area contributed by atoms with Gasteiger partial charge in [0.05, 0.1) is 28.1 Å². The second kappa shape index (κ2) is 3.20. The number of fused-ring (bicyclic) bond motifs is 1. The van der Waals surface area contributed by atoms with Crippen LogP contribution in [0.4, 0.5) is 0 Å². The summed E-state index contributed by atoms with van der Waals surface area (Å²) in [6.45, 7) is 4.01. The number of aromatic nitrogens is 4. The van der Waals surface area contributed by atoms with Gasteiger partial charge in [-0.15, -0.1) is 0 Å². The highest BCUT2D eigenvalue weighted by atomic mass is 15.2. The lowest BCUT2D eigenvalue weighted by Gasteiger charge is -2.03. The van der Waals surface area contributed by atoms with Gasteiger partial charge in [-0.2, -0.15) is 5.10 Å². The Balaban J connectivity index is 2.35. The number of H-pyrrole nitrogens is 1. The van der Waals surface area contributed by atoms with Gasteiger partial charge in [-0.3, -0.25) is 9.67 Å². The Hall–Kier alpha value is -2.10. The molecule has 4 nitrogen and oxygen atoms in total. The Bertz CT molecular complexity index is 628. The van der Waals surface area contributed by atoms with Crippen molar-refractivity contribution in [3.05, 3.63) is 42.0 Å². The highest BCUT2D eigenvalue weighted by Gasteiger charge is 2.11. The van der Waals surface area contributed by atoms with E-state index in [0.29, 0.717) is 0 Å². The van der Waals surface area contributed by atoms with Crippen molar-refractivity contribution >= 4 is 11.0 Å². The van der Waals surface area contributed by atoms with E-state index in [1.54, 1.807) is 0 Å². The molecule has 0 aliphatic rings. The van der Waals surface area contributed by atoms with E-state index < -0.39 is 0 Å². The average molecular weight is 212 g/mol. The van der Waals surface area contributed by atoms with E-state index in [9.17, 15) is 0 Å². The molecule has 16 heavy (non-hydrogen) atoms. The van der Waals surface area contributed by atoms with Crippen molar-refractivity contribution in [2.45, 2.75) is 13.8 Å². The van der Waals surface area contributed by atoms with Gasteiger partial charge in [0.2, 0.25) is 0 Å². The molecular weight excluding hydrogens is 200 g/mol. The number of benzene rings is 1. The van der Waals surface area contributed by atoms with Crippen molar-refractivity contribution in [2.75, 3.05) is 0 Å². The van der Waals surface area contributed by atoms with Crippen molar-refractivity contribution < 1.29 is 0 Å². The van der Waals surface area contributed by atoms with Crippen LogP contribution in [0.3, 0.4) is 0 Å². The van der Waals surface area contributed by atoms with Crippen molar-refractivity contribution in [1.82, 2.24) is 19.7 Å². The number of hydrogen-bond donors (Lipinski definition) is 1. The van der Waals surface area contributed by atoms with Gasteiger partial charge in [0.25, 0.3) is 0 Å². The smallest absolute Gasteiger partial charge is 0.101 e. The highest BCUT2D eigenvalue weighted by molar-refractivity contribution is 5.77. The van der Waals surface area contributed by atoms with Crippen LogP contribution >= 0.6 is 0 Å². The van der Waals surface area contributed by atoms with E-state index in [2.05, 4.69) is 25.8 Å². The number of aromatic amines is 1. The first kappa shape index (κ1) is 9.15. The summed E-state index contributed by atoms with van der Waals surface area (Å²) in [5.74, 6) is 0. The minimum Gasteiger partial charge on any atom is -0.295 e. The van der Waals surface area contributed by atoms with Gasteiger partial charge in [-0.05, 0) is 26.0 Å². The number of imidazole rings is 1. The van der Waals surface area contributed by atoms with E-state index in [-0.39, 0.29) is 0 Å². The topological polar surface area (TPSA) is 46.5 Å². The van der Waals surface area contributed by atoms with Gasteiger partial charge in [0, 0.05) is 0 Å². The molecule has 0 saturated heterocycles. The molecule has 3 rings (SSSR count). The standard InChI is InChI=1S/C12H12N4/c1-8-12(9(2)15-14-8)16-7-13-10-5-3-4-6-11(10)16/h3-7H,1-2H3,(H,14,15). The molecule has 2 aromatic heterocycles. The van der Waals surface area contributed by atoms with Crippen LogP contribution in [0, 0.1) is 13.8 Å². The Morgan fingerprint density at radius 1 is 1.19 bits per heavy atom. The van der Waals surface area contributed by atoms with E-state index in [1.165, 1.54) is 0 Å². The Kier molecular flexibility index (Phi) is 1.83. The number of hydrogen-bond acceptors (Lipinski definition) is 2. The third kappa shape index (κ3) is 1.16. The lowest BCUT2D eigenvalue weighted by Crippen LogP contribution is -1.94. The molecule has 2 heterocycles. The van der Waals surface area contributed by atoms with Crippen LogP contribution in [-0.2, 0) is 0 Å². The third-order valence-electron chi connectivity index (χ3n) is 2.78. The first-order valence-electron chi connectivity index (χ1n) is 5.21. The van der Waals surface area contributed by atoms with Crippen molar-refractivity contribution in [1.29, 1.82) is 0 Å². The van der Waals surface area contributed by atoms with E-state index >= 15 is 0 Å². The molecule has 1 aromatic carbocycles. The SMILES string of the molecule is Cc1n[nH]c(C)c1-n1cnc2ccccc21. The Labute approximate surface area is 92.9 Å². The molecule has 0 fully saturated rings.